The van der Waals surface area contributed by atoms with E-state index in [-0.39, 0.29) is 11.6 Å². The average molecular weight is 592 g/mol. The Morgan fingerprint density at radius 2 is 0.591 bits per heavy atom. The molecule has 0 atom stereocenters. The number of carbonyl (C=O) groups is 2. The highest BCUT2D eigenvalue weighted by molar-refractivity contribution is 6.09. The lowest BCUT2D eigenvalue weighted by Gasteiger charge is -2.21. The van der Waals surface area contributed by atoms with Crippen LogP contribution in [-0.4, -0.2) is 50.8 Å². The first-order chi connectivity index (χ1) is 21.3. The minimum atomic E-state index is 0.0761. The second-order valence-electron chi connectivity index (χ2n) is 10.7. The molecule has 0 amide bonds. The maximum atomic E-state index is 12.7. The molecule has 0 saturated carbocycles. The standard InChI is InChI=1S/C21H28N2O.C18H21NO/c1-5-22(6-2)19-13-9-17(10-14-19)21(24)18-11-15-20(16-12-18)23(7-3)8-4;1-4-19(5-2)17-12-10-16(11-13-17)18(20)15-8-6-14(3)7-9-15/h9-16H,5-8H2,1-4H3;6-13H,4-5H2,1-3H3. The molecule has 5 nitrogen and oxygen atoms in total. The number of ketones is 2. The highest BCUT2D eigenvalue weighted by atomic mass is 16.1. The largest absolute Gasteiger partial charge is 0.372 e. The van der Waals surface area contributed by atoms with E-state index in [1.807, 2.05) is 104 Å². The van der Waals surface area contributed by atoms with Crippen LogP contribution in [-0.2, 0) is 0 Å². The Labute approximate surface area is 265 Å². The van der Waals surface area contributed by atoms with Crippen LogP contribution in [0.3, 0.4) is 0 Å². The van der Waals surface area contributed by atoms with Crippen molar-refractivity contribution in [1.29, 1.82) is 0 Å². The second kappa shape index (κ2) is 17.0. The van der Waals surface area contributed by atoms with E-state index in [1.54, 1.807) is 0 Å². The maximum absolute atomic E-state index is 12.7. The van der Waals surface area contributed by atoms with Gasteiger partial charge in [-0.3, -0.25) is 9.59 Å². The first-order valence-electron chi connectivity index (χ1n) is 16.0. The molecule has 44 heavy (non-hydrogen) atoms. The van der Waals surface area contributed by atoms with E-state index in [2.05, 4.69) is 56.2 Å². The number of nitrogens with zero attached hydrogens (tertiary/aromatic N) is 3. The molecular weight excluding hydrogens is 542 g/mol. The molecule has 0 N–H and O–H groups in total. The van der Waals surface area contributed by atoms with Crippen LogP contribution < -0.4 is 14.7 Å². The summed E-state index contributed by atoms with van der Waals surface area (Å²) >= 11 is 0. The zero-order chi connectivity index (χ0) is 32.1. The quantitative estimate of drug-likeness (QED) is 0.146. The Kier molecular flexibility index (Phi) is 13.2. The van der Waals surface area contributed by atoms with Gasteiger partial charge in [-0.15, -0.1) is 0 Å². The molecule has 0 fully saturated rings. The molecule has 4 aromatic carbocycles. The lowest BCUT2D eigenvalue weighted by atomic mass is 10.0. The third-order valence-electron chi connectivity index (χ3n) is 8.09. The monoisotopic (exact) mass is 591 g/mol. The molecule has 4 rings (SSSR count). The first kappa shape index (κ1) is 34.1. The number of hydrogen-bond donors (Lipinski definition) is 0. The van der Waals surface area contributed by atoms with Crippen molar-refractivity contribution in [1.82, 2.24) is 0 Å². The number of carbonyl (C=O) groups excluding carboxylic acids is 2. The normalized spacial score (nSPS) is 10.4. The second-order valence-corrected chi connectivity index (χ2v) is 10.7. The Morgan fingerprint density at radius 1 is 0.386 bits per heavy atom. The van der Waals surface area contributed by atoms with Crippen LogP contribution >= 0.6 is 0 Å². The third-order valence-corrected chi connectivity index (χ3v) is 8.09. The predicted molar refractivity (Wildman–Crippen MR) is 188 cm³/mol. The Balaban J connectivity index is 0.000000244. The smallest absolute Gasteiger partial charge is 0.193 e. The predicted octanol–water partition coefficient (Wildman–Crippen LogP) is 8.68. The third kappa shape index (κ3) is 8.82. The molecule has 0 aliphatic rings. The molecule has 4 aromatic rings. The number of rotatable bonds is 13. The minimum Gasteiger partial charge on any atom is -0.372 e. The van der Waals surface area contributed by atoms with Gasteiger partial charge in [0.05, 0.1) is 0 Å². The van der Waals surface area contributed by atoms with Gasteiger partial charge in [-0.2, -0.15) is 0 Å². The molecule has 0 heterocycles. The summed E-state index contributed by atoms with van der Waals surface area (Å²) in [6.07, 6.45) is 0. The molecule has 232 valence electrons. The van der Waals surface area contributed by atoms with Gasteiger partial charge in [-0.1, -0.05) is 29.8 Å². The van der Waals surface area contributed by atoms with Gasteiger partial charge in [0.1, 0.15) is 0 Å². The Morgan fingerprint density at radius 3 is 0.795 bits per heavy atom. The molecule has 0 aliphatic carbocycles. The highest BCUT2D eigenvalue weighted by Crippen LogP contribution is 2.20. The number of anilines is 3. The Bertz CT molecular complexity index is 1370. The topological polar surface area (TPSA) is 43.9 Å². The summed E-state index contributed by atoms with van der Waals surface area (Å²) in [6, 6.07) is 31.4. The highest BCUT2D eigenvalue weighted by Gasteiger charge is 2.12. The SMILES string of the molecule is CCN(CC)c1ccc(C(=O)c2ccc(C)cc2)cc1.CCN(CC)c1ccc(C(=O)c2ccc(N(CC)CC)cc2)cc1. The van der Waals surface area contributed by atoms with E-state index < -0.39 is 0 Å². The van der Waals surface area contributed by atoms with Crippen molar-refractivity contribution < 1.29 is 9.59 Å². The van der Waals surface area contributed by atoms with Gasteiger partial charge in [0.2, 0.25) is 0 Å². The minimum absolute atomic E-state index is 0.0761. The van der Waals surface area contributed by atoms with Crippen molar-refractivity contribution in [2.75, 3.05) is 54.0 Å². The van der Waals surface area contributed by atoms with E-state index in [9.17, 15) is 9.59 Å². The summed E-state index contributed by atoms with van der Waals surface area (Å²) in [5.41, 5.74) is 7.61. The molecule has 0 radical (unpaired) electrons. The molecule has 0 saturated heterocycles. The van der Waals surface area contributed by atoms with Crippen LogP contribution in [0.5, 0.6) is 0 Å². The molecule has 0 spiro atoms. The van der Waals surface area contributed by atoms with Crippen LogP contribution in [0.15, 0.2) is 97.1 Å². The summed E-state index contributed by atoms with van der Waals surface area (Å²) in [4.78, 5) is 31.8. The maximum Gasteiger partial charge on any atom is 0.193 e. The molecule has 5 heteroatoms. The summed E-state index contributed by atoms with van der Waals surface area (Å²) in [5, 5.41) is 0. The fraction of sp³-hybridized carbons (Fsp3) is 0.333. The molecule has 0 unspecified atom stereocenters. The van der Waals surface area contributed by atoms with E-state index in [0.29, 0.717) is 0 Å². The van der Waals surface area contributed by atoms with Crippen LogP contribution in [0.4, 0.5) is 17.1 Å². The van der Waals surface area contributed by atoms with Crippen LogP contribution in [0, 0.1) is 6.92 Å². The fourth-order valence-corrected chi connectivity index (χ4v) is 5.28. The van der Waals surface area contributed by atoms with Crippen LogP contribution in [0.2, 0.25) is 0 Å². The summed E-state index contributed by atoms with van der Waals surface area (Å²) in [5.74, 6) is 0.156. The van der Waals surface area contributed by atoms with Crippen molar-refractivity contribution in [2.45, 2.75) is 48.5 Å². The van der Waals surface area contributed by atoms with Crippen molar-refractivity contribution in [3.63, 3.8) is 0 Å². The van der Waals surface area contributed by atoms with E-state index in [0.717, 1.165) is 78.6 Å². The van der Waals surface area contributed by atoms with Gasteiger partial charge in [-0.25, -0.2) is 0 Å². The summed E-state index contributed by atoms with van der Waals surface area (Å²) < 4.78 is 0. The first-order valence-corrected chi connectivity index (χ1v) is 16.0. The zero-order valence-electron chi connectivity index (χ0n) is 27.6. The van der Waals surface area contributed by atoms with Crippen molar-refractivity contribution >= 4 is 28.6 Å². The fourth-order valence-electron chi connectivity index (χ4n) is 5.28. The lowest BCUT2D eigenvalue weighted by molar-refractivity contribution is 0.103. The van der Waals surface area contributed by atoms with Crippen molar-refractivity contribution in [3.8, 4) is 0 Å². The van der Waals surface area contributed by atoms with Crippen molar-refractivity contribution in [3.05, 3.63) is 125 Å². The van der Waals surface area contributed by atoms with Gasteiger partial charge < -0.3 is 14.7 Å². The van der Waals surface area contributed by atoms with Gasteiger partial charge in [0, 0.05) is 78.6 Å². The average Bonchev–Trinajstić information content (AvgIpc) is 3.07. The molecular formula is C39H49N3O2. The lowest BCUT2D eigenvalue weighted by Crippen LogP contribution is -2.22. The van der Waals surface area contributed by atoms with Crippen LogP contribution in [0.1, 0.15) is 78.9 Å². The van der Waals surface area contributed by atoms with Crippen LogP contribution in [0.25, 0.3) is 0 Å². The molecule has 0 aromatic heterocycles. The Hall–Kier alpha value is -4.38. The summed E-state index contributed by atoms with van der Waals surface area (Å²) in [6.45, 7) is 20.7. The van der Waals surface area contributed by atoms with Crippen molar-refractivity contribution in [2.24, 2.45) is 0 Å². The van der Waals surface area contributed by atoms with Gasteiger partial charge >= 0.3 is 0 Å². The number of hydrogen-bond acceptors (Lipinski definition) is 5. The zero-order valence-corrected chi connectivity index (χ0v) is 27.6. The summed E-state index contributed by atoms with van der Waals surface area (Å²) in [7, 11) is 0. The molecule has 0 aliphatic heterocycles. The molecule has 0 bridgehead atoms. The number of benzene rings is 4. The van der Waals surface area contributed by atoms with E-state index >= 15 is 0 Å². The number of aryl methyl sites for hydroxylation is 1. The van der Waals surface area contributed by atoms with Gasteiger partial charge in [-0.05, 0) is 121 Å². The van der Waals surface area contributed by atoms with Gasteiger partial charge in [0.15, 0.2) is 11.6 Å². The van der Waals surface area contributed by atoms with Gasteiger partial charge in [0.25, 0.3) is 0 Å². The van der Waals surface area contributed by atoms with E-state index in [1.165, 1.54) is 5.56 Å². The van der Waals surface area contributed by atoms with E-state index in [4.69, 9.17) is 0 Å².